The average Bonchev–Trinajstić information content (AvgIpc) is 3.00. The fourth-order valence-electron chi connectivity index (χ4n) is 1.37. The summed E-state index contributed by atoms with van der Waals surface area (Å²) in [5.41, 5.74) is 0.794. The predicted molar refractivity (Wildman–Crippen MR) is 56.1 cm³/mol. The van der Waals surface area contributed by atoms with Gasteiger partial charge in [0.05, 0.1) is 17.6 Å². The van der Waals surface area contributed by atoms with Crippen LogP contribution in [0.3, 0.4) is 0 Å². The maximum atomic E-state index is 10.7. The molecule has 0 amide bonds. The third-order valence-electron chi connectivity index (χ3n) is 2.56. The second-order valence-electron chi connectivity index (χ2n) is 3.96. The summed E-state index contributed by atoms with van der Waals surface area (Å²) in [4.78, 5) is 10.3. The number of nitro benzene ring substituents is 1. The molecule has 1 fully saturated rings. The summed E-state index contributed by atoms with van der Waals surface area (Å²) < 4.78 is 5.47. The Kier molecular flexibility index (Phi) is 2.58. The van der Waals surface area contributed by atoms with Crippen LogP contribution in [0.25, 0.3) is 0 Å². The zero-order valence-corrected chi connectivity index (χ0v) is 8.60. The Morgan fingerprint density at radius 2 is 2.27 bits per heavy atom. The van der Waals surface area contributed by atoms with Crippen molar-refractivity contribution in [2.24, 2.45) is 5.92 Å². The highest BCUT2D eigenvalue weighted by atomic mass is 16.6. The molecule has 0 saturated heterocycles. The topological polar surface area (TPSA) is 52.4 Å². The molecule has 0 atom stereocenters. The number of hydrogen-bond donors (Lipinski definition) is 0. The minimum Gasteiger partial charge on any atom is -0.493 e. The molecule has 0 spiro atoms. The number of nitrogens with zero attached hydrogens (tertiary/aromatic N) is 1. The summed E-state index contributed by atoms with van der Waals surface area (Å²) in [7, 11) is 0. The summed E-state index contributed by atoms with van der Waals surface area (Å²) >= 11 is 0. The summed E-state index contributed by atoms with van der Waals surface area (Å²) in [6.45, 7) is 2.41. The molecule has 0 N–H and O–H groups in total. The number of hydrogen-bond acceptors (Lipinski definition) is 3. The van der Waals surface area contributed by atoms with E-state index < -0.39 is 0 Å². The Morgan fingerprint density at radius 3 is 2.87 bits per heavy atom. The van der Waals surface area contributed by atoms with Crippen molar-refractivity contribution >= 4 is 5.69 Å². The van der Waals surface area contributed by atoms with Crippen LogP contribution in [0.15, 0.2) is 18.2 Å². The summed E-state index contributed by atoms with van der Waals surface area (Å²) in [5, 5.41) is 10.7. The highest BCUT2D eigenvalue weighted by Gasteiger charge is 2.22. The van der Waals surface area contributed by atoms with Gasteiger partial charge in [-0.1, -0.05) is 0 Å². The summed E-state index contributed by atoms with van der Waals surface area (Å²) in [6, 6.07) is 5.00. The molecule has 1 aliphatic rings. The van der Waals surface area contributed by atoms with E-state index in [0.717, 1.165) is 0 Å². The fraction of sp³-hybridized carbons (Fsp3) is 0.455. The molecule has 0 heterocycles. The lowest BCUT2D eigenvalue weighted by Crippen LogP contribution is -2.00. The van der Waals surface area contributed by atoms with E-state index in [1.54, 1.807) is 19.1 Å². The second kappa shape index (κ2) is 3.88. The number of rotatable bonds is 4. The molecular formula is C11H13NO3. The van der Waals surface area contributed by atoms with Crippen LogP contribution in [0.5, 0.6) is 5.75 Å². The molecule has 80 valence electrons. The maximum absolute atomic E-state index is 10.7. The Labute approximate surface area is 88.0 Å². The number of ether oxygens (including phenoxy) is 1. The van der Waals surface area contributed by atoms with Crippen LogP contribution in [0.4, 0.5) is 5.69 Å². The van der Waals surface area contributed by atoms with Gasteiger partial charge in [0.2, 0.25) is 0 Å². The number of benzene rings is 1. The first kappa shape index (κ1) is 9.96. The van der Waals surface area contributed by atoms with E-state index in [0.29, 0.717) is 23.8 Å². The molecule has 0 unspecified atom stereocenters. The van der Waals surface area contributed by atoms with Crippen molar-refractivity contribution < 1.29 is 9.66 Å². The van der Waals surface area contributed by atoms with Gasteiger partial charge in [-0.2, -0.15) is 0 Å². The fourth-order valence-corrected chi connectivity index (χ4v) is 1.37. The van der Waals surface area contributed by atoms with Gasteiger partial charge in [0.1, 0.15) is 5.75 Å². The van der Waals surface area contributed by atoms with Crippen molar-refractivity contribution in [3.63, 3.8) is 0 Å². The van der Waals surface area contributed by atoms with Crippen LogP contribution in [-0.2, 0) is 0 Å². The van der Waals surface area contributed by atoms with Crippen LogP contribution in [-0.4, -0.2) is 11.5 Å². The van der Waals surface area contributed by atoms with E-state index in [1.165, 1.54) is 18.9 Å². The molecule has 0 aromatic heterocycles. The van der Waals surface area contributed by atoms with E-state index in [-0.39, 0.29) is 10.6 Å². The Hall–Kier alpha value is -1.58. The zero-order valence-electron chi connectivity index (χ0n) is 8.60. The van der Waals surface area contributed by atoms with Crippen LogP contribution in [0, 0.1) is 23.0 Å². The predicted octanol–water partition coefficient (Wildman–Crippen LogP) is 2.69. The van der Waals surface area contributed by atoms with Gasteiger partial charge in [0.25, 0.3) is 5.69 Å². The van der Waals surface area contributed by atoms with Crippen LogP contribution >= 0.6 is 0 Å². The molecule has 0 aliphatic heterocycles. The minimum absolute atomic E-state index is 0.128. The Morgan fingerprint density at radius 1 is 1.53 bits per heavy atom. The molecule has 1 aliphatic carbocycles. The first-order chi connectivity index (χ1) is 7.16. The van der Waals surface area contributed by atoms with Gasteiger partial charge in [0, 0.05) is 5.56 Å². The van der Waals surface area contributed by atoms with Gasteiger partial charge < -0.3 is 4.74 Å². The molecule has 4 heteroatoms. The standard InChI is InChI=1S/C11H13NO3/c1-8-2-5-10(6-11(8)12(13)14)15-7-9-3-4-9/h2,5-6,9H,3-4,7H2,1H3. The molecule has 1 saturated carbocycles. The molecule has 2 rings (SSSR count). The van der Waals surface area contributed by atoms with Gasteiger partial charge in [-0.3, -0.25) is 10.1 Å². The first-order valence-corrected chi connectivity index (χ1v) is 5.04. The molecule has 4 nitrogen and oxygen atoms in total. The smallest absolute Gasteiger partial charge is 0.275 e. The molecule has 0 bridgehead atoms. The highest BCUT2D eigenvalue weighted by molar-refractivity contribution is 5.45. The zero-order chi connectivity index (χ0) is 10.8. The molecule has 15 heavy (non-hydrogen) atoms. The van der Waals surface area contributed by atoms with Crippen molar-refractivity contribution in [3.05, 3.63) is 33.9 Å². The first-order valence-electron chi connectivity index (χ1n) is 5.04. The van der Waals surface area contributed by atoms with Crippen molar-refractivity contribution in [3.8, 4) is 5.75 Å². The van der Waals surface area contributed by atoms with Crippen molar-refractivity contribution in [2.45, 2.75) is 19.8 Å². The van der Waals surface area contributed by atoms with Gasteiger partial charge in [-0.05, 0) is 37.8 Å². The van der Waals surface area contributed by atoms with Crippen molar-refractivity contribution in [2.75, 3.05) is 6.61 Å². The van der Waals surface area contributed by atoms with Crippen LogP contribution < -0.4 is 4.74 Å². The van der Waals surface area contributed by atoms with E-state index in [2.05, 4.69) is 0 Å². The van der Waals surface area contributed by atoms with E-state index >= 15 is 0 Å². The second-order valence-corrected chi connectivity index (χ2v) is 3.96. The Bertz CT molecular complexity index is 385. The summed E-state index contributed by atoms with van der Waals surface area (Å²) in [6.07, 6.45) is 2.43. The molecule has 1 aromatic carbocycles. The largest absolute Gasteiger partial charge is 0.493 e. The lowest BCUT2D eigenvalue weighted by atomic mass is 10.2. The molecule has 0 radical (unpaired) electrons. The summed E-state index contributed by atoms with van der Waals surface area (Å²) in [5.74, 6) is 1.25. The third kappa shape index (κ3) is 2.46. The van der Waals surface area contributed by atoms with E-state index in [1.807, 2.05) is 0 Å². The average molecular weight is 207 g/mol. The van der Waals surface area contributed by atoms with Gasteiger partial charge in [-0.15, -0.1) is 0 Å². The highest BCUT2D eigenvalue weighted by Crippen LogP contribution is 2.30. The molecule has 1 aromatic rings. The number of nitro groups is 1. The van der Waals surface area contributed by atoms with Crippen LogP contribution in [0.2, 0.25) is 0 Å². The molecular weight excluding hydrogens is 194 g/mol. The Balaban J connectivity index is 2.10. The lowest BCUT2D eigenvalue weighted by Gasteiger charge is -2.05. The SMILES string of the molecule is Cc1ccc(OCC2CC2)cc1[N+](=O)[O-]. The lowest BCUT2D eigenvalue weighted by molar-refractivity contribution is -0.385. The third-order valence-corrected chi connectivity index (χ3v) is 2.56. The normalized spacial score (nSPS) is 15.0. The van der Waals surface area contributed by atoms with Gasteiger partial charge in [-0.25, -0.2) is 0 Å². The monoisotopic (exact) mass is 207 g/mol. The quantitative estimate of drug-likeness (QED) is 0.563. The van der Waals surface area contributed by atoms with Gasteiger partial charge >= 0.3 is 0 Å². The van der Waals surface area contributed by atoms with Crippen molar-refractivity contribution in [1.29, 1.82) is 0 Å². The van der Waals surface area contributed by atoms with E-state index in [9.17, 15) is 10.1 Å². The van der Waals surface area contributed by atoms with Crippen LogP contribution in [0.1, 0.15) is 18.4 Å². The van der Waals surface area contributed by atoms with E-state index in [4.69, 9.17) is 4.74 Å². The number of aryl methyl sites for hydroxylation is 1. The van der Waals surface area contributed by atoms with Crippen molar-refractivity contribution in [1.82, 2.24) is 0 Å². The maximum Gasteiger partial charge on any atom is 0.275 e. The van der Waals surface area contributed by atoms with Gasteiger partial charge in [0.15, 0.2) is 0 Å². The minimum atomic E-state index is -0.376.